The molecule has 162 valence electrons. The molecule has 30 heavy (non-hydrogen) atoms. The van der Waals surface area contributed by atoms with Gasteiger partial charge in [-0.15, -0.1) is 0 Å². The van der Waals surface area contributed by atoms with Crippen LogP contribution in [0.1, 0.15) is 50.5 Å². The summed E-state index contributed by atoms with van der Waals surface area (Å²) in [7, 11) is 2.45. The second-order valence-electron chi connectivity index (χ2n) is 9.07. The number of carbonyl (C=O) groups excluding carboxylic acids is 1. The van der Waals surface area contributed by atoms with Gasteiger partial charge in [-0.3, -0.25) is 10.2 Å². The predicted molar refractivity (Wildman–Crippen MR) is 120 cm³/mol. The normalized spacial score (nSPS) is 20.4. The van der Waals surface area contributed by atoms with Gasteiger partial charge >= 0.3 is 0 Å². The lowest BCUT2D eigenvalue weighted by Gasteiger charge is -2.58. The quantitative estimate of drug-likeness (QED) is 0.393. The molecule has 0 radical (unpaired) electrons. The van der Waals surface area contributed by atoms with E-state index in [0.717, 1.165) is 31.9 Å². The maximum Gasteiger partial charge on any atom is 0.270 e. The topological polar surface area (TPSA) is 99.9 Å². The third kappa shape index (κ3) is 4.21. The van der Waals surface area contributed by atoms with Crippen molar-refractivity contribution in [3.63, 3.8) is 0 Å². The fraction of sp³-hybridized carbons (Fsp3) is 0.619. The zero-order valence-corrected chi connectivity index (χ0v) is 19.0. The first-order valence-electron chi connectivity index (χ1n) is 10.4. The van der Waals surface area contributed by atoms with Crippen LogP contribution in [0.4, 0.5) is 5.69 Å². The molecule has 0 bridgehead atoms. The highest BCUT2D eigenvalue weighted by Crippen LogP contribution is 2.44. The number of hydrogen-bond acceptors (Lipinski definition) is 6. The summed E-state index contributed by atoms with van der Waals surface area (Å²) in [4.78, 5) is 23.9. The molecule has 3 fully saturated rings. The highest BCUT2D eigenvalue weighted by atomic mass is 31.0. The Balaban J connectivity index is 1.54. The summed E-state index contributed by atoms with van der Waals surface area (Å²) in [5.74, 6) is 0.821. The average Bonchev–Trinajstić information content (AvgIpc) is 3.42. The van der Waals surface area contributed by atoms with Gasteiger partial charge in [0.2, 0.25) is 5.88 Å². The van der Waals surface area contributed by atoms with Crippen molar-refractivity contribution >= 4 is 32.1 Å². The van der Waals surface area contributed by atoms with E-state index in [4.69, 9.17) is 14.9 Å². The van der Waals surface area contributed by atoms with Crippen LogP contribution in [-0.4, -0.2) is 59.6 Å². The van der Waals surface area contributed by atoms with Gasteiger partial charge in [0.25, 0.3) is 5.91 Å². The van der Waals surface area contributed by atoms with Gasteiger partial charge in [0, 0.05) is 12.0 Å². The molecule has 1 unspecified atom stereocenters. The van der Waals surface area contributed by atoms with E-state index in [0.29, 0.717) is 23.9 Å². The molecule has 8 nitrogen and oxygen atoms in total. The molecule has 2 N–H and O–H groups in total. The summed E-state index contributed by atoms with van der Waals surface area (Å²) in [6, 6.07) is 3.65. The van der Waals surface area contributed by atoms with E-state index in [1.54, 1.807) is 26.8 Å². The summed E-state index contributed by atoms with van der Waals surface area (Å²) < 4.78 is 11.5. The fourth-order valence-electron chi connectivity index (χ4n) is 3.63. The predicted octanol–water partition coefficient (Wildman–Crippen LogP) is 2.63. The number of anilines is 1. The van der Waals surface area contributed by atoms with E-state index in [1.807, 2.05) is 6.07 Å². The van der Waals surface area contributed by atoms with Crippen LogP contribution < -0.4 is 15.0 Å². The number of hydrogen-bond donors (Lipinski definition) is 2. The van der Waals surface area contributed by atoms with Crippen LogP contribution in [-0.2, 0) is 4.74 Å². The SMILES string of the molecule is CC(P)=NC(=N)C(C)(C)NC(=O)c1ccc(N2CCC23COC3)c(OCC2CC2)n1. The molecular formula is C21H30N5O3P. The Morgan fingerprint density at radius 2 is 2.20 bits per heavy atom. The molecule has 1 amide bonds. The molecule has 4 rings (SSSR count). The largest absolute Gasteiger partial charge is 0.476 e. The summed E-state index contributed by atoms with van der Waals surface area (Å²) >= 11 is 0. The van der Waals surface area contributed by atoms with E-state index < -0.39 is 5.54 Å². The third-order valence-corrected chi connectivity index (χ3v) is 6.07. The number of carbonyl (C=O) groups is 1. The van der Waals surface area contributed by atoms with E-state index >= 15 is 0 Å². The summed E-state index contributed by atoms with van der Waals surface area (Å²) in [5.41, 5.74) is 1.03. The minimum absolute atomic E-state index is 0.0637. The zero-order chi connectivity index (χ0) is 21.5. The van der Waals surface area contributed by atoms with Crippen molar-refractivity contribution in [2.75, 3.05) is 31.3 Å². The summed E-state index contributed by atoms with van der Waals surface area (Å²) in [6.45, 7) is 8.31. The average molecular weight is 431 g/mol. The number of nitrogens with one attached hydrogen (secondary N) is 2. The van der Waals surface area contributed by atoms with E-state index in [2.05, 4.69) is 29.4 Å². The first kappa shape index (κ1) is 21.2. The maximum absolute atomic E-state index is 12.9. The highest BCUT2D eigenvalue weighted by molar-refractivity contribution is 7.40. The molecule has 3 heterocycles. The monoisotopic (exact) mass is 431 g/mol. The second-order valence-corrected chi connectivity index (χ2v) is 9.91. The minimum Gasteiger partial charge on any atom is -0.476 e. The van der Waals surface area contributed by atoms with Crippen LogP contribution in [0, 0.1) is 11.3 Å². The van der Waals surface area contributed by atoms with E-state index in [9.17, 15) is 4.79 Å². The van der Waals surface area contributed by atoms with Crippen molar-refractivity contribution in [1.29, 1.82) is 5.41 Å². The van der Waals surface area contributed by atoms with Crippen molar-refractivity contribution in [2.24, 2.45) is 10.9 Å². The number of amidine groups is 1. The van der Waals surface area contributed by atoms with Gasteiger partial charge in [-0.05, 0) is 58.1 Å². The molecule has 3 aliphatic rings. The molecular weight excluding hydrogens is 401 g/mol. The van der Waals surface area contributed by atoms with E-state index in [1.165, 1.54) is 12.8 Å². The van der Waals surface area contributed by atoms with Crippen molar-refractivity contribution in [1.82, 2.24) is 10.3 Å². The molecule has 2 aliphatic heterocycles. The first-order valence-corrected chi connectivity index (χ1v) is 11.0. The smallest absolute Gasteiger partial charge is 0.270 e. The molecule has 0 aromatic carbocycles. The second kappa shape index (κ2) is 7.89. The Hall–Kier alpha value is -2.05. The van der Waals surface area contributed by atoms with Gasteiger partial charge < -0.3 is 19.7 Å². The lowest BCUT2D eigenvalue weighted by atomic mass is 9.82. The van der Waals surface area contributed by atoms with Crippen molar-refractivity contribution in [3.8, 4) is 5.88 Å². The Kier molecular flexibility index (Phi) is 5.58. The van der Waals surface area contributed by atoms with Crippen LogP contribution >= 0.6 is 9.24 Å². The summed E-state index contributed by atoms with van der Waals surface area (Å²) in [5, 5.41) is 11.0. The Bertz CT molecular complexity index is 883. The number of amides is 1. The lowest BCUT2D eigenvalue weighted by molar-refractivity contribution is -0.0849. The highest BCUT2D eigenvalue weighted by Gasteiger charge is 2.51. The number of aliphatic imine (C=N–C) groups is 1. The Morgan fingerprint density at radius 3 is 2.73 bits per heavy atom. The van der Waals surface area contributed by atoms with Crippen molar-refractivity contribution < 1.29 is 14.3 Å². The lowest BCUT2D eigenvalue weighted by Crippen LogP contribution is -2.71. The number of aromatic nitrogens is 1. The van der Waals surface area contributed by atoms with Gasteiger partial charge in [0.15, 0.2) is 0 Å². The Morgan fingerprint density at radius 1 is 1.47 bits per heavy atom. The molecule has 2 saturated heterocycles. The molecule has 1 aromatic heterocycles. The number of ether oxygens (including phenoxy) is 2. The van der Waals surface area contributed by atoms with Crippen LogP contribution in [0.2, 0.25) is 0 Å². The van der Waals surface area contributed by atoms with Gasteiger partial charge in [-0.25, -0.2) is 9.98 Å². The van der Waals surface area contributed by atoms with E-state index in [-0.39, 0.29) is 23.0 Å². The minimum atomic E-state index is -0.922. The molecule has 1 aliphatic carbocycles. The molecule has 1 atom stereocenters. The molecule has 9 heteroatoms. The standard InChI is InChI=1S/C21H30N5O3P/c1-13(30)23-19(22)20(2,3)25-17(27)15-6-7-16(18(24-15)29-10-14-4-5-14)26-9-8-21(26)11-28-12-21/h6-7,14,22H,4-5,8-12,30H2,1-3H3,(H,25,27). The van der Waals surface area contributed by atoms with Crippen LogP contribution in [0.25, 0.3) is 0 Å². The summed E-state index contributed by atoms with van der Waals surface area (Å²) in [6.07, 6.45) is 3.47. The van der Waals surface area contributed by atoms with Crippen LogP contribution in [0.3, 0.4) is 0 Å². The number of pyridine rings is 1. The van der Waals surface area contributed by atoms with Gasteiger partial charge in [0.1, 0.15) is 17.2 Å². The molecule has 1 aromatic rings. The third-order valence-electron chi connectivity index (χ3n) is 5.94. The maximum atomic E-state index is 12.9. The van der Waals surface area contributed by atoms with Crippen molar-refractivity contribution in [2.45, 2.75) is 51.1 Å². The van der Waals surface area contributed by atoms with Crippen molar-refractivity contribution in [3.05, 3.63) is 17.8 Å². The van der Waals surface area contributed by atoms with Gasteiger partial charge in [0.05, 0.1) is 30.9 Å². The van der Waals surface area contributed by atoms with Crippen LogP contribution in [0.5, 0.6) is 5.88 Å². The number of rotatable bonds is 7. The van der Waals surface area contributed by atoms with Gasteiger partial charge in [-0.2, -0.15) is 0 Å². The fourth-order valence-corrected chi connectivity index (χ4v) is 3.76. The Labute approximate surface area is 179 Å². The van der Waals surface area contributed by atoms with Gasteiger partial charge in [-0.1, -0.05) is 9.24 Å². The number of nitrogens with zero attached hydrogens (tertiary/aromatic N) is 3. The molecule has 1 saturated carbocycles. The first-order chi connectivity index (χ1) is 14.2. The molecule has 1 spiro atoms. The zero-order valence-electron chi connectivity index (χ0n) is 17.8. The van der Waals surface area contributed by atoms with Crippen LogP contribution in [0.15, 0.2) is 17.1 Å².